The van der Waals surface area contributed by atoms with E-state index in [0.29, 0.717) is 13.0 Å². The fourth-order valence-electron chi connectivity index (χ4n) is 0.731. The van der Waals surface area contributed by atoms with Gasteiger partial charge in [-0.1, -0.05) is 0 Å². The number of carbonyl (C=O) groups is 1. The second kappa shape index (κ2) is 2.53. The maximum atomic E-state index is 10.5. The Hall–Kier alpha value is -0.990. The Bertz CT molecular complexity index is 148. The predicted octanol–water partition coefficient (Wildman–Crippen LogP) is 0.765. The van der Waals surface area contributed by atoms with E-state index in [-0.39, 0.29) is 12.4 Å². The summed E-state index contributed by atoms with van der Waals surface area (Å²) in [6, 6.07) is 0. The molecule has 0 aliphatic carbocycles. The molecule has 3 heteroatoms. The molecule has 1 aliphatic heterocycles. The number of hydrogen-bond donors (Lipinski definition) is 1. The number of rotatable bonds is 0. The number of aliphatic hydroxyl groups excluding tert-OH is 1. The number of cyclic esters (lactones) is 1. The predicted molar refractivity (Wildman–Crippen MR) is 30.9 cm³/mol. The van der Waals surface area contributed by atoms with E-state index in [4.69, 9.17) is 5.11 Å². The first-order chi connectivity index (χ1) is 4.33. The molecule has 1 aliphatic rings. The molecule has 1 heterocycles. The lowest BCUT2D eigenvalue weighted by Crippen LogP contribution is -2.13. The summed E-state index contributed by atoms with van der Waals surface area (Å²) in [5.74, 6) is -0.249. The van der Waals surface area contributed by atoms with Gasteiger partial charge in [-0.15, -0.1) is 0 Å². The van der Waals surface area contributed by atoms with Crippen LogP contribution in [-0.4, -0.2) is 17.7 Å². The highest BCUT2D eigenvalue weighted by Gasteiger charge is 2.13. The standard InChI is InChI=1S/C6H8O3/c7-4-5-1-2-9-6(8)3-5/h4,7H,1-3H2. The number of hydrogen-bond acceptors (Lipinski definition) is 3. The van der Waals surface area contributed by atoms with Crippen molar-refractivity contribution in [3.8, 4) is 0 Å². The highest BCUT2D eigenvalue weighted by atomic mass is 16.5. The summed E-state index contributed by atoms with van der Waals surface area (Å²) in [6.07, 6.45) is 1.90. The van der Waals surface area contributed by atoms with Gasteiger partial charge in [0, 0.05) is 6.42 Å². The minimum atomic E-state index is -0.249. The molecule has 0 unspecified atom stereocenters. The van der Waals surface area contributed by atoms with E-state index < -0.39 is 0 Å². The Morgan fingerprint density at radius 3 is 2.89 bits per heavy atom. The zero-order chi connectivity index (χ0) is 6.69. The smallest absolute Gasteiger partial charge is 0.310 e. The van der Waals surface area contributed by atoms with Gasteiger partial charge in [0.05, 0.1) is 19.3 Å². The Kier molecular flexibility index (Phi) is 1.72. The van der Waals surface area contributed by atoms with Crippen molar-refractivity contribution in [3.63, 3.8) is 0 Å². The summed E-state index contributed by atoms with van der Waals surface area (Å²) < 4.78 is 4.62. The maximum absolute atomic E-state index is 10.5. The Balaban J connectivity index is 2.51. The Labute approximate surface area is 52.9 Å². The molecule has 9 heavy (non-hydrogen) atoms. The lowest BCUT2D eigenvalue weighted by Gasteiger charge is -2.11. The first-order valence-electron chi connectivity index (χ1n) is 2.80. The van der Waals surface area contributed by atoms with Crippen molar-refractivity contribution in [2.45, 2.75) is 12.8 Å². The third-order valence-corrected chi connectivity index (χ3v) is 1.24. The second-order valence-corrected chi connectivity index (χ2v) is 1.93. The van der Waals surface area contributed by atoms with Gasteiger partial charge < -0.3 is 9.84 Å². The number of ether oxygens (including phenoxy) is 1. The van der Waals surface area contributed by atoms with Gasteiger partial charge in [-0.25, -0.2) is 0 Å². The summed E-state index contributed by atoms with van der Waals surface area (Å²) in [5, 5.41) is 8.44. The molecular formula is C6H8O3. The van der Waals surface area contributed by atoms with Gasteiger partial charge in [0.1, 0.15) is 0 Å². The van der Waals surface area contributed by atoms with Crippen molar-refractivity contribution in [2.75, 3.05) is 6.61 Å². The third-order valence-electron chi connectivity index (χ3n) is 1.24. The van der Waals surface area contributed by atoms with Crippen LogP contribution in [0.5, 0.6) is 0 Å². The zero-order valence-corrected chi connectivity index (χ0v) is 4.96. The lowest BCUT2D eigenvalue weighted by molar-refractivity contribution is -0.144. The quantitative estimate of drug-likeness (QED) is 0.387. The molecule has 1 rings (SSSR count). The van der Waals surface area contributed by atoms with Crippen molar-refractivity contribution in [1.82, 2.24) is 0 Å². The van der Waals surface area contributed by atoms with Crippen LogP contribution in [0.4, 0.5) is 0 Å². The van der Waals surface area contributed by atoms with Crippen LogP contribution >= 0.6 is 0 Å². The number of aliphatic hydroxyl groups is 1. The molecule has 0 saturated carbocycles. The van der Waals surface area contributed by atoms with Crippen molar-refractivity contribution < 1.29 is 14.6 Å². The number of esters is 1. The van der Waals surface area contributed by atoms with Crippen LogP contribution in [0.3, 0.4) is 0 Å². The van der Waals surface area contributed by atoms with Crippen LogP contribution in [0, 0.1) is 0 Å². The Morgan fingerprint density at radius 2 is 2.44 bits per heavy atom. The fraction of sp³-hybridized carbons (Fsp3) is 0.500. The first kappa shape index (κ1) is 6.13. The molecule has 50 valence electrons. The monoisotopic (exact) mass is 128 g/mol. The van der Waals surface area contributed by atoms with Crippen LogP contribution < -0.4 is 0 Å². The molecule has 0 aromatic rings. The summed E-state index contributed by atoms with van der Waals surface area (Å²) in [5.41, 5.74) is 0.756. The van der Waals surface area contributed by atoms with Gasteiger partial charge in [0.2, 0.25) is 0 Å². The van der Waals surface area contributed by atoms with Crippen molar-refractivity contribution >= 4 is 5.97 Å². The third kappa shape index (κ3) is 1.45. The molecule has 3 nitrogen and oxygen atoms in total. The highest BCUT2D eigenvalue weighted by molar-refractivity contribution is 5.73. The lowest BCUT2D eigenvalue weighted by atomic mass is 10.1. The van der Waals surface area contributed by atoms with E-state index in [1.807, 2.05) is 0 Å². The normalized spacial score (nSPS) is 24.0. The summed E-state index contributed by atoms with van der Waals surface area (Å²) in [4.78, 5) is 10.5. The first-order valence-corrected chi connectivity index (χ1v) is 2.80. The molecule has 1 N–H and O–H groups in total. The van der Waals surface area contributed by atoms with E-state index >= 15 is 0 Å². The summed E-state index contributed by atoms with van der Waals surface area (Å²) in [7, 11) is 0. The molecule has 0 radical (unpaired) electrons. The van der Waals surface area contributed by atoms with Gasteiger partial charge >= 0.3 is 5.97 Å². The maximum Gasteiger partial charge on any atom is 0.310 e. The van der Waals surface area contributed by atoms with Gasteiger partial charge in [0.25, 0.3) is 0 Å². The summed E-state index contributed by atoms with van der Waals surface area (Å²) >= 11 is 0. The fourth-order valence-corrected chi connectivity index (χ4v) is 0.731. The molecule has 0 atom stereocenters. The number of carbonyl (C=O) groups excluding carboxylic acids is 1. The Morgan fingerprint density at radius 1 is 1.67 bits per heavy atom. The minimum Gasteiger partial charge on any atom is -0.516 e. The average Bonchev–Trinajstić information content (AvgIpc) is 1.88. The molecule has 0 aromatic heterocycles. The molecule has 0 aromatic carbocycles. The van der Waals surface area contributed by atoms with Crippen LogP contribution in [0.25, 0.3) is 0 Å². The van der Waals surface area contributed by atoms with E-state index in [0.717, 1.165) is 11.8 Å². The van der Waals surface area contributed by atoms with Crippen molar-refractivity contribution in [1.29, 1.82) is 0 Å². The van der Waals surface area contributed by atoms with Gasteiger partial charge in [-0.2, -0.15) is 0 Å². The minimum absolute atomic E-state index is 0.247. The largest absolute Gasteiger partial charge is 0.516 e. The SMILES string of the molecule is O=C1CC(=CO)CCO1. The summed E-state index contributed by atoms with van der Waals surface area (Å²) in [6.45, 7) is 0.408. The molecule has 1 saturated heterocycles. The molecule has 0 bridgehead atoms. The zero-order valence-electron chi connectivity index (χ0n) is 4.96. The molecule has 1 fully saturated rings. The van der Waals surface area contributed by atoms with Crippen LogP contribution in [0.2, 0.25) is 0 Å². The highest BCUT2D eigenvalue weighted by Crippen LogP contribution is 2.12. The van der Waals surface area contributed by atoms with Crippen LogP contribution in [-0.2, 0) is 9.53 Å². The van der Waals surface area contributed by atoms with E-state index in [1.165, 1.54) is 0 Å². The van der Waals surface area contributed by atoms with Crippen LogP contribution in [0.1, 0.15) is 12.8 Å². The molecule has 0 amide bonds. The van der Waals surface area contributed by atoms with Gasteiger partial charge in [0.15, 0.2) is 0 Å². The van der Waals surface area contributed by atoms with E-state index in [2.05, 4.69) is 4.74 Å². The van der Waals surface area contributed by atoms with E-state index in [9.17, 15) is 4.79 Å². The molecule has 0 spiro atoms. The average molecular weight is 128 g/mol. The van der Waals surface area contributed by atoms with Crippen molar-refractivity contribution in [2.24, 2.45) is 0 Å². The van der Waals surface area contributed by atoms with Crippen LogP contribution in [0.15, 0.2) is 11.8 Å². The topological polar surface area (TPSA) is 46.5 Å². The van der Waals surface area contributed by atoms with Crippen molar-refractivity contribution in [3.05, 3.63) is 11.8 Å². The van der Waals surface area contributed by atoms with Gasteiger partial charge in [-0.05, 0) is 5.57 Å². The molecular weight excluding hydrogens is 120 g/mol. The van der Waals surface area contributed by atoms with E-state index in [1.54, 1.807) is 0 Å². The second-order valence-electron chi connectivity index (χ2n) is 1.93. The van der Waals surface area contributed by atoms with Gasteiger partial charge in [-0.3, -0.25) is 4.79 Å².